The molecule has 0 saturated heterocycles. The third-order valence-corrected chi connectivity index (χ3v) is 14.1. The lowest BCUT2D eigenvalue weighted by atomic mass is 9.72. The summed E-state index contributed by atoms with van der Waals surface area (Å²) in [5.74, 6) is 2.74. The van der Waals surface area contributed by atoms with Crippen LogP contribution in [0.1, 0.15) is 34.9 Å². The van der Waals surface area contributed by atoms with Crippen LogP contribution in [0.5, 0.6) is 0 Å². The number of rotatable bonds is 6. The molecule has 10 aromatic rings. The number of aromatic nitrogens is 3. The van der Waals surface area contributed by atoms with Crippen LogP contribution < -0.4 is 0 Å². The maximum absolute atomic E-state index is 5.49. The Morgan fingerprint density at radius 3 is 1.71 bits per heavy atom. The molecule has 0 fully saturated rings. The predicted octanol–water partition coefficient (Wildman–Crippen LogP) is 15.3. The Balaban J connectivity index is 1.08. The Hall–Kier alpha value is -7.27. The van der Waals surface area contributed by atoms with Crippen LogP contribution in [0.3, 0.4) is 0 Å². The molecule has 0 bridgehead atoms. The molecule has 8 aromatic carbocycles. The van der Waals surface area contributed by atoms with Crippen LogP contribution >= 0.6 is 11.3 Å². The Morgan fingerprint density at radius 1 is 0.419 bits per heavy atom. The molecule has 0 N–H and O–H groups in total. The second kappa shape index (κ2) is 15.3. The van der Waals surface area contributed by atoms with Crippen molar-refractivity contribution in [1.29, 1.82) is 0 Å². The topological polar surface area (TPSA) is 38.7 Å². The molecule has 2 aliphatic carbocycles. The molecular weight excluding hydrogens is 771 g/mol. The molecule has 3 nitrogen and oxygen atoms in total. The molecule has 3 atom stereocenters. The number of aryl methyl sites for hydroxylation is 1. The van der Waals surface area contributed by atoms with Crippen LogP contribution in [0.25, 0.3) is 87.4 Å². The summed E-state index contributed by atoms with van der Waals surface area (Å²) in [6.07, 6.45) is 11.4. The van der Waals surface area contributed by atoms with Crippen molar-refractivity contribution in [3.8, 4) is 56.4 Å². The van der Waals surface area contributed by atoms with Gasteiger partial charge in [-0.15, -0.1) is 11.3 Å². The van der Waals surface area contributed by atoms with Crippen molar-refractivity contribution in [2.45, 2.75) is 24.7 Å². The highest BCUT2D eigenvalue weighted by atomic mass is 32.1. The van der Waals surface area contributed by atoms with Gasteiger partial charge in [-0.25, -0.2) is 15.0 Å². The van der Waals surface area contributed by atoms with Crippen LogP contribution in [-0.2, 0) is 6.42 Å². The second-order valence-electron chi connectivity index (χ2n) is 16.7. The van der Waals surface area contributed by atoms with Gasteiger partial charge in [-0.05, 0) is 105 Å². The fraction of sp³-hybridized carbons (Fsp3) is 0.0862. The Morgan fingerprint density at radius 2 is 1.00 bits per heavy atom. The van der Waals surface area contributed by atoms with Gasteiger partial charge in [0, 0.05) is 42.8 Å². The Bertz CT molecular complexity index is 3280. The first-order valence-corrected chi connectivity index (χ1v) is 22.4. The monoisotopic (exact) mass is 811 g/mol. The van der Waals surface area contributed by atoms with Crippen molar-refractivity contribution in [1.82, 2.24) is 15.0 Å². The van der Waals surface area contributed by atoms with E-state index in [4.69, 9.17) is 15.0 Å². The normalized spacial score (nSPS) is 16.9. The van der Waals surface area contributed by atoms with Crippen molar-refractivity contribution < 1.29 is 0 Å². The SMILES string of the molecule is C1=CC2c3cc4ccccc4cc3CC[C@@H](c3cc4c(cc3-c3nc(-c5cccc(-c6ccccc6)c5)nc(-c5cccc(-c6ccccc6)c5)n3)sc3ccccc34)C2C=C1. The van der Waals surface area contributed by atoms with Gasteiger partial charge in [0.05, 0.1) is 0 Å². The molecule has 0 spiro atoms. The van der Waals surface area contributed by atoms with E-state index < -0.39 is 0 Å². The van der Waals surface area contributed by atoms with E-state index in [0.717, 1.165) is 51.8 Å². The number of thiophene rings is 1. The van der Waals surface area contributed by atoms with Gasteiger partial charge < -0.3 is 0 Å². The van der Waals surface area contributed by atoms with Crippen LogP contribution in [0.4, 0.5) is 0 Å². The van der Waals surface area contributed by atoms with Gasteiger partial charge in [0.25, 0.3) is 0 Å². The van der Waals surface area contributed by atoms with E-state index in [2.05, 4.69) is 206 Å². The van der Waals surface area contributed by atoms with Gasteiger partial charge in [0.15, 0.2) is 17.5 Å². The predicted molar refractivity (Wildman–Crippen MR) is 259 cm³/mol. The molecule has 0 amide bonds. The fourth-order valence-electron chi connectivity index (χ4n) is 10.00. The minimum Gasteiger partial charge on any atom is -0.208 e. The molecule has 2 aliphatic rings. The summed E-state index contributed by atoms with van der Waals surface area (Å²) in [6.45, 7) is 0. The van der Waals surface area contributed by atoms with E-state index in [1.165, 1.54) is 47.6 Å². The lowest BCUT2D eigenvalue weighted by Crippen LogP contribution is -2.19. The van der Waals surface area contributed by atoms with Crippen molar-refractivity contribution in [2.24, 2.45) is 5.92 Å². The van der Waals surface area contributed by atoms with Gasteiger partial charge in [0.1, 0.15) is 0 Å². The number of benzene rings is 8. The molecule has 12 rings (SSSR count). The molecule has 2 unspecified atom stereocenters. The Kier molecular flexibility index (Phi) is 9.04. The molecule has 0 aliphatic heterocycles. The molecule has 0 radical (unpaired) electrons. The van der Waals surface area contributed by atoms with Crippen molar-refractivity contribution in [2.75, 3.05) is 0 Å². The molecular formula is C58H41N3S. The van der Waals surface area contributed by atoms with E-state index in [1.807, 2.05) is 11.3 Å². The van der Waals surface area contributed by atoms with Crippen molar-refractivity contribution in [3.63, 3.8) is 0 Å². The van der Waals surface area contributed by atoms with Gasteiger partial charge in [-0.2, -0.15) is 0 Å². The van der Waals surface area contributed by atoms with Gasteiger partial charge in [0.2, 0.25) is 0 Å². The van der Waals surface area contributed by atoms with Gasteiger partial charge >= 0.3 is 0 Å². The molecule has 2 aromatic heterocycles. The highest BCUT2D eigenvalue weighted by molar-refractivity contribution is 7.25. The van der Waals surface area contributed by atoms with E-state index in [0.29, 0.717) is 17.5 Å². The quantitative estimate of drug-likeness (QED) is 0.168. The summed E-state index contributed by atoms with van der Waals surface area (Å²) in [5, 5.41) is 5.20. The largest absolute Gasteiger partial charge is 0.208 e. The lowest BCUT2D eigenvalue weighted by molar-refractivity contribution is 0.456. The average molecular weight is 812 g/mol. The first-order chi connectivity index (χ1) is 30.7. The Labute approximate surface area is 365 Å². The third kappa shape index (κ3) is 6.55. The molecule has 0 saturated carbocycles. The minimum atomic E-state index is 0.209. The first-order valence-electron chi connectivity index (χ1n) is 21.6. The third-order valence-electron chi connectivity index (χ3n) is 13.0. The second-order valence-corrected chi connectivity index (χ2v) is 17.7. The summed E-state index contributed by atoms with van der Waals surface area (Å²) in [5.41, 5.74) is 11.7. The summed E-state index contributed by atoms with van der Waals surface area (Å²) in [4.78, 5) is 16.3. The number of allylic oxidation sites excluding steroid dienone is 4. The van der Waals surface area contributed by atoms with E-state index in [1.54, 1.807) is 0 Å². The summed E-state index contributed by atoms with van der Waals surface area (Å²) in [7, 11) is 0. The van der Waals surface area contributed by atoms with Crippen LogP contribution in [0.15, 0.2) is 206 Å². The summed E-state index contributed by atoms with van der Waals surface area (Å²) < 4.78 is 2.53. The maximum Gasteiger partial charge on any atom is 0.164 e. The van der Waals surface area contributed by atoms with E-state index in [9.17, 15) is 0 Å². The van der Waals surface area contributed by atoms with Crippen LogP contribution in [-0.4, -0.2) is 15.0 Å². The van der Waals surface area contributed by atoms with Crippen molar-refractivity contribution in [3.05, 3.63) is 223 Å². The summed E-state index contributed by atoms with van der Waals surface area (Å²) in [6, 6.07) is 65.7. The zero-order chi connectivity index (χ0) is 41.0. The van der Waals surface area contributed by atoms with Crippen LogP contribution in [0, 0.1) is 5.92 Å². The fourth-order valence-corrected chi connectivity index (χ4v) is 11.1. The standard InChI is InChI=1S/C58H41N3S/c1-3-15-37(16-4-1)39-21-13-23-44(32-39)56-59-57(45-24-14-22-40(33-45)38-17-5-2-6-18-38)61-58(60-56)53-36-55-52(49-27-11-12-28-54(49)62-55)35-51(53)48-30-29-43-31-41-19-7-8-20-42(41)34-50(43)47-26-10-9-25-46(47)48/h1-28,31-36,46-48H,29-30H2/t46?,47?,48-/m1/s1. The lowest BCUT2D eigenvalue weighted by Gasteiger charge is -2.31. The minimum absolute atomic E-state index is 0.209. The molecule has 2 heterocycles. The van der Waals surface area contributed by atoms with E-state index >= 15 is 0 Å². The van der Waals surface area contributed by atoms with Crippen molar-refractivity contribution >= 4 is 42.3 Å². The number of fused-ring (bicyclic) bond motifs is 7. The highest BCUT2D eigenvalue weighted by Crippen LogP contribution is 2.50. The first kappa shape index (κ1) is 36.6. The highest BCUT2D eigenvalue weighted by Gasteiger charge is 2.36. The molecule has 62 heavy (non-hydrogen) atoms. The number of hydrogen-bond acceptors (Lipinski definition) is 4. The number of nitrogens with zero attached hydrogens (tertiary/aromatic N) is 3. The number of hydrogen-bond donors (Lipinski definition) is 0. The zero-order valence-corrected chi connectivity index (χ0v) is 34.8. The van der Waals surface area contributed by atoms with Gasteiger partial charge in [-0.1, -0.05) is 176 Å². The van der Waals surface area contributed by atoms with E-state index in [-0.39, 0.29) is 17.8 Å². The summed E-state index contributed by atoms with van der Waals surface area (Å²) >= 11 is 1.85. The van der Waals surface area contributed by atoms with Gasteiger partial charge in [-0.3, -0.25) is 0 Å². The molecule has 294 valence electrons. The zero-order valence-electron chi connectivity index (χ0n) is 34.0. The smallest absolute Gasteiger partial charge is 0.164 e. The van der Waals surface area contributed by atoms with Crippen LogP contribution in [0.2, 0.25) is 0 Å². The molecule has 4 heteroatoms. The maximum atomic E-state index is 5.49. The average Bonchev–Trinajstić information content (AvgIpc) is 3.63.